The summed E-state index contributed by atoms with van der Waals surface area (Å²) in [5.41, 5.74) is 2.82. The van der Waals surface area contributed by atoms with E-state index >= 15 is 0 Å². The van der Waals surface area contributed by atoms with Gasteiger partial charge in [0.1, 0.15) is 0 Å². The highest BCUT2D eigenvalue weighted by molar-refractivity contribution is 6.00. The predicted octanol–water partition coefficient (Wildman–Crippen LogP) is 3.28. The SMILES string of the molecule is Cc1ccc(C)c(C(=O)CN2CCCCCCC2=O)c1. The Kier molecular flexibility index (Phi) is 4.94. The zero-order chi connectivity index (χ0) is 14.5. The maximum atomic E-state index is 12.4. The van der Waals surface area contributed by atoms with E-state index in [9.17, 15) is 9.59 Å². The molecule has 20 heavy (non-hydrogen) atoms. The van der Waals surface area contributed by atoms with Crippen molar-refractivity contribution in [1.29, 1.82) is 0 Å². The maximum absolute atomic E-state index is 12.4. The Morgan fingerprint density at radius 2 is 1.90 bits per heavy atom. The highest BCUT2D eigenvalue weighted by Crippen LogP contribution is 2.15. The van der Waals surface area contributed by atoms with Crippen LogP contribution in [0.1, 0.15) is 53.6 Å². The van der Waals surface area contributed by atoms with E-state index in [0.717, 1.165) is 48.9 Å². The minimum absolute atomic E-state index is 0.0557. The van der Waals surface area contributed by atoms with Gasteiger partial charge in [-0.25, -0.2) is 0 Å². The van der Waals surface area contributed by atoms with Gasteiger partial charge in [-0.2, -0.15) is 0 Å². The molecule has 3 heteroatoms. The van der Waals surface area contributed by atoms with E-state index in [0.29, 0.717) is 6.42 Å². The van der Waals surface area contributed by atoms with Crippen molar-refractivity contribution in [2.24, 2.45) is 0 Å². The van der Waals surface area contributed by atoms with Crippen molar-refractivity contribution < 1.29 is 9.59 Å². The Hall–Kier alpha value is -1.64. The molecule has 0 unspecified atom stereocenters. The molecular formula is C17H23NO2. The van der Waals surface area contributed by atoms with Crippen LogP contribution in [-0.4, -0.2) is 29.7 Å². The smallest absolute Gasteiger partial charge is 0.222 e. The Morgan fingerprint density at radius 1 is 1.15 bits per heavy atom. The van der Waals surface area contributed by atoms with Crippen LogP contribution >= 0.6 is 0 Å². The quantitative estimate of drug-likeness (QED) is 0.793. The zero-order valence-electron chi connectivity index (χ0n) is 12.4. The number of aryl methyl sites for hydroxylation is 2. The van der Waals surface area contributed by atoms with E-state index in [2.05, 4.69) is 0 Å². The third kappa shape index (κ3) is 3.69. The average Bonchev–Trinajstić information content (AvgIpc) is 2.41. The van der Waals surface area contributed by atoms with Gasteiger partial charge in [0.05, 0.1) is 6.54 Å². The van der Waals surface area contributed by atoms with Gasteiger partial charge in [-0.3, -0.25) is 9.59 Å². The number of rotatable bonds is 3. The number of likely N-dealkylation sites (tertiary alicyclic amines) is 1. The number of carbonyl (C=O) groups excluding carboxylic acids is 2. The molecule has 1 amide bonds. The Morgan fingerprint density at radius 3 is 2.70 bits per heavy atom. The maximum Gasteiger partial charge on any atom is 0.222 e. The molecule has 1 aromatic carbocycles. The van der Waals surface area contributed by atoms with Gasteiger partial charge < -0.3 is 4.90 Å². The molecule has 0 aliphatic carbocycles. The fourth-order valence-electron chi connectivity index (χ4n) is 2.68. The number of amides is 1. The molecule has 0 atom stereocenters. The summed E-state index contributed by atoms with van der Waals surface area (Å²) in [5, 5.41) is 0. The van der Waals surface area contributed by atoms with Crippen molar-refractivity contribution in [2.75, 3.05) is 13.1 Å². The molecule has 0 spiro atoms. The lowest BCUT2D eigenvalue weighted by molar-refractivity contribution is -0.131. The van der Waals surface area contributed by atoms with Crippen LogP contribution < -0.4 is 0 Å². The van der Waals surface area contributed by atoms with Crippen LogP contribution in [0.3, 0.4) is 0 Å². The first-order valence-electron chi connectivity index (χ1n) is 7.46. The fourth-order valence-corrected chi connectivity index (χ4v) is 2.68. The molecule has 108 valence electrons. The van der Waals surface area contributed by atoms with Crippen LogP contribution in [0.15, 0.2) is 18.2 Å². The highest BCUT2D eigenvalue weighted by atomic mass is 16.2. The predicted molar refractivity (Wildman–Crippen MR) is 79.9 cm³/mol. The van der Waals surface area contributed by atoms with Gasteiger partial charge in [0.2, 0.25) is 5.91 Å². The summed E-state index contributed by atoms with van der Waals surface area (Å²) < 4.78 is 0. The second-order valence-corrected chi connectivity index (χ2v) is 5.72. The summed E-state index contributed by atoms with van der Waals surface area (Å²) in [6.07, 6.45) is 4.82. The van der Waals surface area contributed by atoms with Crippen molar-refractivity contribution in [3.8, 4) is 0 Å². The van der Waals surface area contributed by atoms with E-state index in [1.807, 2.05) is 32.0 Å². The second kappa shape index (κ2) is 6.69. The molecule has 0 bridgehead atoms. The monoisotopic (exact) mass is 273 g/mol. The summed E-state index contributed by atoms with van der Waals surface area (Å²) in [5.74, 6) is 0.184. The first-order chi connectivity index (χ1) is 9.58. The Balaban J connectivity index is 2.09. The van der Waals surface area contributed by atoms with Gasteiger partial charge in [-0.05, 0) is 38.3 Å². The summed E-state index contributed by atoms with van der Waals surface area (Å²) in [6.45, 7) is 4.87. The molecule has 1 aromatic rings. The van der Waals surface area contributed by atoms with E-state index in [1.54, 1.807) is 4.90 Å². The first-order valence-corrected chi connectivity index (χ1v) is 7.46. The van der Waals surface area contributed by atoms with Crippen LogP contribution in [0.5, 0.6) is 0 Å². The largest absolute Gasteiger partial charge is 0.335 e. The van der Waals surface area contributed by atoms with Gasteiger partial charge in [-0.1, -0.05) is 30.5 Å². The molecule has 0 saturated carbocycles. The zero-order valence-corrected chi connectivity index (χ0v) is 12.4. The standard InChI is InChI=1S/C17H23NO2/c1-13-8-9-14(2)15(11-13)16(19)12-18-10-6-4-3-5-7-17(18)20/h8-9,11H,3-7,10,12H2,1-2H3. The van der Waals surface area contributed by atoms with Crippen LogP contribution in [0.2, 0.25) is 0 Å². The number of nitrogens with zero attached hydrogens (tertiary/aromatic N) is 1. The van der Waals surface area contributed by atoms with Crippen LogP contribution in [0.4, 0.5) is 0 Å². The summed E-state index contributed by atoms with van der Waals surface area (Å²) in [6, 6.07) is 5.90. The lowest BCUT2D eigenvalue weighted by Gasteiger charge is -2.24. The number of hydrogen-bond acceptors (Lipinski definition) is 2. The van der Waals surface area contributed by atoms with Crippen LogP contribution in [0.25, 0.3) is 0 Å². The van der Waals surface area contributed by atoms with E-state index in [-0.39, 0.29) is 18.2 Å². The molecule has 1 aliphatic heterocycles. The molecule has 3 nitrogen and oxygen atoms in total. The molecule has 1 fully saturated rings. The van der Waals surface area contributed by atoms with Gasteiger partial charge in [0.25, 0.3) is 0 Å². The lowest BCUT2D eigenvalue weighted by Crippen LogP contribution is -2.37. The average molecular weight is 273 g/mol. The van der Waals surface area contributed by atoms with Crippen molar-refractivity contribution in [1.82, 2.24) is 4.90 Å². The topological polar surface area (TPSA) is 37.4 Å². The number of ketones is 1. The fraction of sp³-hybridized carbons (Fsp3) is 0.529. The Bertz CT molecular complexity index is 508. The van der Waals surface area contributed by atoms with Crippen LogP contribution in [0, 0.1) is 13.8 Å². The van der Waals surface area contributed by atoms with Gasteiger partial charge in [0.15, 0.2) is 5.78 Å². The van der Waals surface area contributed by atoms with Crippen molar-refractivity contribution in [2.45, 2.75) is 46.0 Å². The summed E-state index contributed by atoms with van der Waals surface area (Å²) >= 11 is 0. The molecular weight excluding hydrogens is 250 g/mol. The van der Waals surface area contributed by atoms with Crippen LogP contribution in [-0.2, 0) is 4.79 Å². The van der Waals surface area contributed by atoms with Gasteiger partial charge in [-0.15, -0.1) is 0 Å². The normalized spacial score (nSPS) is 16.7. The lowest BCUT2D eigenvalue weighted by atomic mass is 10.0. The molecule has 1 aliphatic rings. The third-order valence-electron chi connectivity index (χ3n) is 3.95. The van der Waals surface area contributed by atoms with Gasteiger partial charge in [0, 0.05) is 18.5 Å². The molecule has 0 aromatic heterocycles. The summed E-state index contributed by atoms with van der Waals surface area (Å²) in [4.78, 5) is 26.2. The van der Waals surface area contributed by atoms with E-state index in [1.165, 1.54) is 0 Å². The minimum atomic E-state index is 0.0557. The van der Waals surface area contributed by atoms with E-state index in [4.69, 9.17) is 0 Å². The molecule has 1 saturated heterocycles. The number of carbonyl (C=O) groups is 2. The van der Waals surface area contributed by atoms with Crippen molar-refractivity contribution in [3.05, 3.63) is 34.9 Å². The first kappa shape index (κ1) is 14.8. The van der Waals surface area contributed by atoms with Crippen molar-refractivity contribution in [3.63, 3.8) is 0 Å². The minimum Gasteiger partial charge on any atom is -0.335 e. The molecule has 0 radical (unpaired) electrons. The third-order valence-corrected chi connectivity index (χ3v) is 3.95. The number of benzene rings is 1. The number of hydrogen-bond donors (Lipinski definition) is 0. The van der Waals surface area contributed by atoms with Gasteiger partial charge >= 0.3 is 0 Å². The summed E-state index contributed by atoms with van der Waals surface area (Å²) in [7, 11) is 0. The Labute approximate surface area is 121 Å². The molecule has 2 rings (SSSR count). The molecule has 0 N–H and O–H groups in total. The second-order valence-electron chi connectivity index (χ2n) is 5.72. The highest BCUT2D eigenvalue weighted by Gasteiger charge is 2.20. The van der Waals surface area contributed by atoms with Crippen molar-refractivity contribution >= 4 is 11.7 Å². The molecule has 1 heterocycles. The van der Waals surface area contributed by atoms with E-state index < -0.39 is 0 Å². The number of Topliss-reactive ketones (excluding diaryl/α,β-unsaturated/α-hetero) is 1.